The van der Waals surface area contributed by atoms with E-state index in [2.05, 4.69) is 0 Å². The largest absolute Gasteiger partial charge is 0.486 e. The molecular formula is C13H15FO3. The van der Waals surface area contributed by atoms with Crippen molar-refractivity contribution in [1.82, 2.24) is 0 Å². The smallest absolute Gasteiger partial charge is 0.170 e. The van der Waals surface area contributed by atoms with Gasteiger partial charge in [-0.3, -0.25) is 9.59 Å². The molecule has 0 aliphatic rings. The van der Waals surface area contributed by atoms with Crippen molar-refractivity contribution >= 4 is 11.6 Å². The van der Waals surface area contributed by atoms with Gasteiger partial charge in [-0.1, -0.05) is 6.92 Å². The predicted octanol–water partition coefficient (Wildman–Crippen LogP) is 2.78. The van der Waals surface area contributed by atoms with Gasteiger partial charge in [-0.15, -0.1) is 0 Å². The van der Waals surface area contributed by atoms with Crippen LogP contribution in [-0.4, -0.2) is 18.2 Å². The lowest BCUT2D eigenvalue weighted by molar-refractivity contribution is -0.121. The van der Waals surface area contributed by atoms with Gasteiger partial charge in [0, 0.05) is 12.5 Å². The molecule has 1 rings (SSSR count). The van der Waals surface area contributed by atoms with Crippen molar-refractivity contribution in [2.45, 2.75) is 26.7 Å². The molecule has 0 aromatic heterocycles. The van der Waals surface area contributed by atoms with Crippen LogP contribution in [0.15, 0.2) is 18.2 Å². The molecule has 0 atom stereocenters. The van der Waals surface area contributed by atoms with Crippen LogP contribution in [0.25, 0.3) is 0 Å². The Balaban J connectivity index is 2.65. The molecule has 0 spiro atoms. The highest BCUT2D eigenvalue weighted by Crippen LogP contribution is 2.17. The fourth-order valence-electron chi connectivity index (χ4n) is 1.39. The van der Waals surface area contributed by atoms with E-state index >= 15 is 0 Å². The van der Waals surface area contributed by atoms with Crippen molar-refractivity contribution in [1.29, 1.82) is 0 Å². The van der Waals surface area contributed by atoms with Crippen LogP contribution in [0, 0.1) is 5.82 Å². The number of ketones is 2. The zero-order valence-electron chi connectivity index (χ0n) is 9.96. The maximum Gasteiger partial charge on any atom is 0.170 e. The SMILES string of the molecule is CCCC(=O)COc1ccc(C(C)=O)c(F)c1. The molecule has 0 unspecified atom stereocenters. The molecule has 0 heterocycles. The molecular weight excluding hydrogens is 223 g/mol. The molecule has 0 saturated carbocycles. The number of rotatable bonds is 6. The first-order valence-electron chi connectivity index (χ1n) is 5.49. The Morgan fingerprint density at radius 1 is 1.35 bits per heavy atom. The maximum absolute atomic E-state index is 13.4. The summed E-state index contributed by atoms with van der Waals surface area (Å²) in [6, 6.07) is 3.96. The van der Waals surface area contributed by atoms with Crippen molar-refractivity contribution in [3.05, 3.63) is 29.6 Å². The van der Waals surface area contributed by atoms with E-state index in [0.29, 0.717) is 6.42 Å². The van der Waals surface area contributed by atoms with Gasteiger partial charge in [0.05, 0.1) is 5.56 Å². The highest BCUT2D eigenvalue weighted by Gasteiger charge is 2.09. The van der Waals surface area contributed by atoms with Gasteiger partial charge in [-0.05, 0) is 25.5 Å². The van der Waals surface area contributed by atoms with Gasteiger partial charge in [0.15, 0.2) is 11.6 Å². The number of hydrogen-bond acceptors (Lipinski definition) is 3. The van der Waals surface area contributed by atoms with Gasteiger partial charge in [-0.25, -0.2) is 4.39 Å². The second-order valence-corrected chi connectivity index (χ2v) is 3.78. The number of Topliss-reactive ketones (excluding diaryl/α,β-unsaturated/α-hetero) is 2. The normalized spacial score (nSPS) is 10.1. The molecule has 1 aromatic rings. The van der Waals surface area contributed by atoms with Crippen LogP contribution in [0.2, 0.25) is 0 Å². The zero-order valence-corrected chi connectivity index (χ0v) is 9.96. The van der Waals surface area contributed by atoms with E-state index in [1.165, 1.54) is 19.1 Å². The number of benzene rings is 1. The first kappa shape index (κ1) is 13.4. The summed E-state index contributed by atoms with van der Waals surface area (Å²) >= 11 is 0. The summed E-state index contributed by atoms with van der Waals surface area (Å²) in [5.74, 6) is -0.727. The Labute approximate surface area is 99.6 Å². The fourth-order valence-corrected chi connectivity index (χ4v) is 1.39. The molecule has 0 N–H and O–H groups in total. The van der Waals surface area contributed by atoms with Crippen LogP contribution in [0.1, 0.15) is 37.0 Å². The van der Waals surface area contributed by atoms with E-state index in [-0.39, 0.29) is 29.5 Å². The van der Waals surface area contributed by atoms with Crippen LogP contribution < -0.4 is 4.74 Å². The molecule has 0 aliphatic heterocycles. The standard InChI is InChI=1S/C13H15FO3/c1-3-4-10(16)8-17-11-5-6-12(9(2)15)13(14)7-11/h5-7H,3-4,8H2,1-2H3. The number of carbonyl (C=O) groups is 2. The van der Waals surface area contributed by atoms with E-state index in [1.54, 1.807) is 0 Å². The quantitative estimate of drug-likeness (QED) is 0.716. The van der Waals surface area contributed by atoms with Gasteiger partial charge in [-0.2, -0.15) is 0 Å². The number of carbonyl (C=O) groups excluding carboxylic acids is 2. The number of hydrogen-bond donors (Lipinski definition) is 0. The third-order valence-electron chi connectivity index (χ3n) is 2.25. The van der Waals surface area contributed by atoms with Crippen LogP contribution >= 0.6 is 0 Å². The molecule has 0 amide bonds. The summed E-state index contributed by atoms with van der Waals surface area (Å²) in [4.78, 5) is 22.2. The molecule has 4 heteroatoms. The Morgan fingerprint density at radius 3 is 2.59 bits per heavy atom. The third-order valence-corrected chi connectivity index (χ3v) is 2.25. The lowest BCUT2D eigenvalue weighted by atomic mass is 10.1. The highest BCUT2D eigenvalue weighted by molar-refractivity contribution is 5.94. The summed E-state index contributed by atoms with van der Waals surface area (Å²) in [7, 11) is 0. The minimum absolute atomic E-state index is 0.0245. The van der Waals surface area contributed by atoms with Gasteiger partial charge >= 0.3 is 0 Å². The Bertz CT molecular complexity index is 427. The van der Waals surface area contributed by atoms with Gasteiger partial charge in [0.2, 0.25) is 0 Å². The molecule has 1 aromatic carbocycles. The van der Waals surface area contributed by atoms with Crippen molar-refractivity contribution < 1.29 is 18.7 Å². The van der Waals surface area contributed by atoms with Gasteiger partial charge < -0.3 is 4.74 Å². The average Bonchev–Trinajstić information content (AvgIpc) is 2.26. The van der Waals surface area contributed by atoms with Crippen LogP contribution in [-0.2, 0) is 4.79 Å². The van der Waals surface area contributed by atoms with Crippen molar-refractivity contribution in [2.75, 3.05) is 6.61 Å². The lowest BCUT2D eigenvalue weighted by Crippen LogP contribution is -2.10. The summed E-state index contributed by atoms with van der Waals surface area (Å²) in [5.41, 5.74) is 0.0252. The van der Waals surface area contributed by atoms with E-state index in [0.717, 1.165) is 12.5 Å². The summed E-state index contributed by atoms with van der Waals surface area (Å²) in [6.45, 7) is 3.13. The van der Waals surface area contributed by atoms with Crippen LogP contribution in [0.4, 0.5) is 4.39 Å². The topological polar surface area (TPSA) is 43.4 Å². The van der Waals surface area contributed by atoms with Crippen molar-refractivity contribution in [3.8, 4) is 5.75 Å². The van der Waals surface area contributed by atoms with E-state index < -0.39 is 5.82 Å². The van der Waals surface area contributed by atoms with E-state index in [9.17, 15) is 14.0 Å². The third kappa shape index (κ3) is 3.98. The van der Waals surface area contributed by atoms with Crippen LogP contribution in [0.5, 0.6) is 5.75 Å². The molecule has 0 saturated heterocycles. The molecule has 0 bridgehead atoms. The van der Waals surface area contributed by atoms with Gasteiger partial charge in [0.1, 0.15) is 18.2 Å². The molecule has 0 radical (unpaired) electrons. The predicted molar refractivity (Wildman–Crippen MR) is 61.8 cm³/mol. The maximum atomic E-state index is 13.4. The summed E-state index contributed by atoms with van der Waals surface area (Å²) < 4.78 is 18.5. The van der Waals surface area contributed by atoms with E-state index in [1.807, 2.05) is 6.92 Å². The first-order chi connectivity index (χ1) is 8.04. The zero-order chi connectivity index (χ0) is 12.8. The Kier molecular flexibility index (Phi) is 4.82. The minimum Gasteiger partial charge on any atom is -0.486 e. The molecule has 0 aliphatic carbocycles. The molecule has 0 fully saturated rings. The number of halogens is 1. The summed E-state index contributed by atoms with van der Waals surface area (Å²) in [6.07, 6.45) is 1.22. The molecule has 3 nitrogen and oxygen atoms in total. The van der Waals surface area contributed by atoms with Gasteiger partial charge in [0.25, 0.3) is 0 Å². The number of ether oxygens (including phenoxy) is 1. The van der Waals surface area contributed by atoms with Crippen molar-refractivity contribution in [2.24, 2.45) is 0 Å². The molecule has 92 valence electrons. The monoisotopic (exact) mass is 238 g/mol. The Morgan fingerprint density at radius 2 is 2.06 bits per heavy atom. The highest BCUT2D eigenvalue weighted by atomic mass is 19.1. The summed E-state index contributed by atoms with van der Waals surface area (Å²) in [5, 5.41) is 0. The lowest BCUT2D eigenvalue weighted by Gasteiger charge is -2.06. The first-order valence-corrected chi connectivity index (χ1v) is 5.49. The van der Waals surface area contributed by atoms with Crippen molar-refractivity contribution in [3.63, 3.8) is 0 Å². The average molecular weight is 238 g/mol. The fraction of sp³-hybridized carbons (Fsp3) is 0.385. The second-order valence-electron chi connectivity index (χ2n) is 3.78. The van der Waals surface area contributed by atoms with E-state index in [4.69, 9.17) is 4.74 Å². The van der Waals surface area contributed by atoms with Crippen LogP contribution in [0.3, 0.4) is 0 Å². The Hall–Kier alpha value is -1.71. The molecule has 17 heavy (non-hydrogen) atoms. The minimum atomic E-state index is -0.627. The second kappa shape index (κ2) is 6.13.